The maximum Gasteiger partial charge on any atom is 0.341 e. The van der Waals surface area contributed by atoms with Gasteiger partial charge in [-0.3, -0.25) is 4.31 Å². The topological polar surface area (TPSA) is 83.9 Å². The number of rotatable bonds is 5. The maximum absolute atomic E-state index is 12.8. The summed E-state index contributed by atoms with van der Waals surface area (Å²) in [5.74, 6) is -0.784. The van der Waals surface area contributed by atoms with Gasteiger partial charge in [-0.2, -0.15) is 0 Å². The molecule has 0 atom stereocenters. The summed E-state index contributed by atoms with van der Waals surface area (Å²) in [6.45, 7) is -0.0775. The van der Waals surface area contributed by atoms with Crippen molar-refractivity contribution in [3.8, 4) is 5.75 Å². The van der Waals surface area contributed by atoms with E-state index in [4.69, 9.17) is 9.84 Å². The second-order valence-corrected chi connectivity index (χ2v) is 8.03. The van der Waals surface area contributed by atoms with Crippen molar-refractivity contribution in [3.05, 3.63) is 52.5 Å². The van der Waals surface area contributed by atoms with E-state index < -0.39 is 22.6 Å². The molecule has 1 heterocycles. The van der Waals surface area contributed by atoms with Crippen LogP contribution in [0.3, 0.4) is 0 Å². The number of anilines is 1. The van der Waals surface area contributed by atoms with Gasteiger partial charge in [0.1, 0.15) is 5.75 Å². The first-order valence-electron chi connectivity index (χ1n) is 7.14. The molecular weight excluding hydrogens is 398 g/mol. The lowest BCUT2D eigenvalue weighted by Crippen LogP contribution is -2.29. The first-order valence-corrected chi connectivity index (χ1v) is 9.37. The van der Waals surface area contributed by atoms with Crippen LogP contribution in [0.4, 0.5) is 5.69 Å². The fourth-order valence-corrected chi connectivity index (χ4v) is 4.48. The van der Waals surface area contributed by atoms with Gasteiger partial charge in [0.25, 0.3) is 10.0 Å². The summed E-state index contributed by atoms with van der Waals surface area (Å²) in [5, 5.41) is 8.58. The van der Waals surface area contributed by atoms with Crippen molar-refractivity contribution >= 4 is 37.6 Å². The SMILES string of the molecule is O=C(O)COc1ccc(S(=O)(=O)N2CCc3cc(Br)ccc32)cc1. The molecule has 0 aliphatic carbocycles. The molecule has 0 saturated heterocycles. The zero-order valence-corrected chi connectivity index (χ0v) is 14.9. The number of carboxylic acid groups (broad SMARTS) is 1. The number of aliphatic carboxylic acids is 1. The molecule has 8 heteroatoms. The molecule has 6 nitrogen and oxygen atoms in total. The predicted molar refractivity (Wildman–Crippen MR) is 92.0 cm³/mol. The molecule has 126 valence electrons. The van der Waals surface area contributed by atoms with Crippen molar-refractivity contribution in [2.75, 3.05) is 17.5 Å². The smallest absolute Gasteiger partial charge is 0.341 e. The number of halogens is 1. The first kappa shape index (κ1) is 16.8. The van der Waals surface area contributed by atoms with E-state index in [2.05, 4.69) is 15.9 Å². The Bertz CT molecular complexity index is 880. The summed E-state index contributed by atoms with van der Waals surface area (Å²) in [4.78, 5) is 10.6. The van der Waals surface area contributed by atoms with Crippen molar-refractivity contribution in [1.29, 1.82) is 0 Å². The highest BCUT2D eigenvalue weighted by molar-refractivity contribution is 9.10. The Morgan fingerprint density at radius 3 is 2.58 bits per heavy atom. The predicted octanol–water partition coefficient (Wildman–Crippen LogP) is 2.66. The Labute approximate surface area is 147 Å². The van der Waals surface area contributed by atoms with Crippen molar-refractivity contribution in [3.63, 3.8) is 0 Å². The van der Waals surface area contributed by atoms with Gasteiger partial charge in [0.15, 0.2) is 6.61 Å². The highest BCUT2D eigenvalue weighted by atomic mass is 79.9. The fourth-order valence-electron chi connectivity index (χ4n) is 2.57. The Morgan fingerprint density at radius 1 is 1.21 bits per heavy atom. The Morgan fingerprint density at radius 2 is 1.92 bits per heavy atom. The lowest BCUT2D eigenvalue weighted by atomic mass is 10.2. The third-order valence-electron chi connectivity index (χ3n) is 3.67. The minimum Gasteiger partial charge on any atom is -0.482 e. The fraction of sp³-hybridized carbons (Fsp3) is 0.188. The van der Waals surface area contributed by atoms with E-state index in [0.29, 0.717) is 24.4 Å². The van der Waals surface area contributed by atoms with E-state index in [9.17, 15) is 13.2 Å². The molecule has 0 fully saturated rings. The number of carbonyl (C=O) groups is 1. The van der Waals surface area contributed by atoms with Gasteiger partial charge in [-0.1, -0.05) is 15.9 Å². The summed E-state index contributed by atoms with van der Waals surface area (Å²) < 4.78 is 33.0. The quantitative estimate of drug-likeness (QED) is 0.817. The summed E-state index contributed by atoms with van der Waals surface area (Å²) >= 11 is 3.39. The average molecular weight is 412 g/mol. The third-order valence-corrected chi connectivity index (χ3v) is 5.99. The lowest BCUT2D eigenvalue weighted by molar-refractivity contribution is -0.139. The molecule has 0 spiro atoms. The summed E-state index contributed by atoms with van der Waals surface area (Å²) in [5.41, 5.74) is 1.67. The van der Waals surface area contributed by atoms with Gasteiger partial charge in [-0.15, -0.1) is 0 Å². The van der Waals surface area contributed by atoms with Gasteiger partial charge in [0, 0.05) is 11.0 Å². The molecule has 0 aromatic heterocycles. The van der Waals surface area contributed by atoms with E-state index >= 15 is 0 Å². The number of ether oxygens (including phenoxy) is 1. The normalized spacial score (nSPS) is 13.6. The molecule has 24 heavy (non-hydrogen) atoms. The molecule has 0 unspecified atom stereocenters. The molecule has 2 aromatic carbocycles. The van der Waals surface area contributed by atoms with Crippen molar-refractivity contribution in [2.45, 2.75) is 11.3 Å². The van der Waals surface area contributed by atoms with E-state index in [1.54, 1.807) is 6.07 Å². The van der Waals surface area contributed by atoms with Gasteiger partial charge < -0.3 is 9.84 Å². The number of carboxylic acids is 1. The maximum atomic E-state index is 12.8. The Kier molecular flexibility index (Phi) is 4.51. The highest BCUT2D eigenvalue weighted by Crippen LogP contribution is 2.34. The Balaban J connectivity index is 1.86. The van der Waals surface area contributed by atoms with Crippen molar-refractivity contribution in [2.24, 2.45) is 0 Å². The second kappa shape index (κ2) is 6.45. The molecule has 0 radical (unpaired) electrons. The van der Waals surface area contributed by atoms with E-state index in [0.717, 1.165) is 10.0 Å². The number of fused-ring (bicyclic) bond motifs is 1. The molecule has 2 aromatic rings. The summed E-state index contributed by atoms with van der Waals surface area (Å²) in [7, 11) is -3.67. The van der Waals surface area contributed by atoms with E-state index in [-0.39, 0.29) is 4.90 Å². The van der Waals surface area contributed by atoms with Gasteiger partial charge in [0.05, 0.1) is 10.6 Å². The molecule has 3 rings (SSSR count). The molecule has 0 bridgehead atoms. The van der Waals surface area contributed by atoms with Crippen LogP contribution in [0.2, 0.25) is 0 Å². The third kappa shape index (κ3) is 3.25. The second-order valence-electron chi connectivity index (χ2n) is 5.25. The standard InChI is InChI=1S/C16H14BrNO5S/c17-12-1-6-15-11(9-12)7-8-18(15)24(21,22)14-4-2-13(3-5-14)23-10-16(19)20/h1-6,9H,7-8,10H2,(H,19,20). The average Bonchev–Trinajstić information content (AvgIpc) is 2.97. The number of benzene rings is 2. The molecule has 0 saturated carbocycles. The minimum absolute atomic E-state index is 0.140. The summed E-state index contributed by atoms with van der Waals surface area (Å²) in [6.07, 6.45) is 0.661. The van der Waals surface area contributed by atoms with E-state index in [1.165, 1.54) is 28.6 Å². The molecule has 0 amide bonds. The van der Waals surface area contributed by atoms with Crippen LogP contribution in [0.1, 0.15) is 5.56 Å². The van der Waals surface area contributed by atoms with Crippen LogP contribution >= 0.6 is 15.9 Å². The van der Waals surface area contributed by atoms with Crippen LogP contribution in [0, 0.1) is 0 Å². The Hall–Kier alpha value is -2.06. The molecule has 1 aliphatic rings. The van der Waals surface area contributed by atoms with Crippen LogP contribution in [0.25, 0.3) is 0 Å². The van der Waals surface area contributed by atoms with Crippen molar-refractivity contribution in [1.82, 2.24) is 0 Å². The van der Waals surface area contributed by atoms with Gasteiger partial charge >= 0.3 is 5.97 Å². The zero-order chi connectivity index (χ0) is 17.3. The minimum atomic E-state index is -3.67. The van der Waals surface area contributed by atoms with Gasteiger partial charge in [-0.25, -0.2) is 13.2 Å². The molecule has 1 N–H and O–H groups in total. The number of sulfonamides is 1. The molecule has 1 aliphatic heterocycles. The lowest BCUT2D eigenvalue weighted by Gasteiger charge is -2.19. The van der Waals surface area contributed by atoms with Gasteiger partial charge in [-0.05, 0) is 54.4 Å². The van der Waals surface area contributed by atoms with Crippen LogP contribution in [0.15, 0.2) is 51.8 Å². The number of hydrogen-bond acceptors (Lipinski definition) is 4. The van der Waals surface area contributed by atoms with E-state index in [1.807, 2.05) is 12.1 Å². The van der Waals surface area contributed by atoms with Crippen LogP contribution in [-0.4, -0.2) is 32.6 Å². The number of hydrogen-bond donors (Lipinski definition) is 1. The van der Waals surface area contributed by atoms with Crippen LogP contribution in [0.5, 0.6) is 5.75 Å². The van der Waals surface area contributed by atoms with Crippen LogP contribution in [-0.2, 0) is 21.2 Å². The van der Waals surface area contributed by atoms with Gasteiger partial charge in [0.2, 0.25) is 0 Å². The molecular formula is C16H14BrNO5S. The number of nitrogens with zero attached hydrogens (tertiary/aromatic N) is 1. The summed E-state index contributed by atoms with van der Waals surface area (Å²) in [6, 6.07) is 11.3. The monoisotopic (exact) mass is 411 g/mol. The highest BCUT2D eigenvalue weighted by Gasteiger charge is 2.30. The zero-order valence-electron chi connectivity index (χ0n) is 12.5. The van der Waals surface area contributed by atoms with Crippen molar-refractivity contribution < 1.29 is 23.1 Å². The largest absolute Gasteiger partial charge is 0.482 e. The first-order chi connectivity index (χ1) is 11.4. The van der Waals surface area contributed by atoms with Crippen LogP contribution < -0.4 is 9.04 Å².